The predicted octanol–water partition coefficient (Wildman–Crippen LogP) is 1.45. The number of aliphatic hydroxyl groups is 1. The Morgan fingerprint density at radius 1 is 1.53 bits per heavy atom. The molecular formula is C13H18N2O2. The van der Waals surface area contributed by atoms with Crippen molar-refractivity contribution >= 4 is 0 Å². The predicted molar refractivity (Wildman–Crippen MR) is 65.6 cm³/mol. The Hall–Kier alpha value is -1.57. The number of aliphatic hydroxyl groups excluding tert-OH is 1. The van der Waals surface area contributed by atoms with Gasteiger partial charge < -0.3 is 9.84 Å². The van der Waals surface area contributed by atoms with Crippen LogP contribution in [0.1, 0.15) is 19.4 Å². The van der Waals surface area contributed by atoms with Crippen LogP contribution < -0.4 is 10.1 Å². The van der Waals surface area contributed by atoms with Gasteiger partial charge in [0, 0.05) is 0 Å². The molecule has 0 radical (unpaired) electrons. The fraction of sp³-hybridized carbons (Fsp3) is 0.462. The van der Waals surface area contributed by atoms with Gasteiger partial charge in [-0.3, -0.25) is 5.32 Å². The van der Waals surface area contributed by atoms with Gasteiger partial charge in [0.1, 0.15) is 17.9 Å². The lowest BCUT2D eigenvalue weighted by molar-refractivity contribution is 0.235. The maximum absolute atomic E-state index is 9.06. The highest BCUT2D eigenvalue weighted by atomic mass is 16.5. The minimum atomic E-state index is -0.691. The van der Waals surface area contributed by atoms with E-state index < -0.39 is 5.54 Å². The summed E-state index contributed by atoms with van der Waals surface area (Å²) < 4.78 is 5.56. The molecule has 0 aliphatic rings. The number of hydrogen-bond donors (Lipinski definition) is 2. The van der Waals surface area contributed by atoms with E-state index in [1.165, 1.54) is 0 Å². The van der Waals surface area contributed by atoms with Crippen molar-refractivity contribution in [1.29, 1.82) is 5.26 Å². The van der Waals surface area contributed by atoms with Crippen LogP contribution in [0.15, 0.2) is 24.3 Å². The second kappa shape index (κ2) is 6.24. The summed E-state index contributed by atoms with van der Waals surface area (Å²) in [6.45, 7) is 4.71. The van der Waals surface area contributed by atoms with Crippen LogP contribution in [0.25, 0.3) is 0 Å². The highest BCUT2D eigenvalue weighted by molar-refractivity contribution is 5.28. The summed E-state index contributed by atoms with van der Waals surface area (Å²) in [5.41, 5.74) is 0.105. The molecule has 0 aliphatic heterocycles. The van der Waals surface area contributed by atoms with Crippen molar-refractivity contribution in [1.82, 2.24) is 5.32 Å². The van der Waals surface area contributed by atoms with Gasteiger partial charge in [-0.25, -0.2) is 0 Å². The van der Waals surface area contributed by atoms with Gasteiger partial charge in [-0.2, -0.15) is 5.26 Å². The summed E-state index contributed by atoms with van der Waals surface area (Å²) >= 11 is 0. The summed E-state index contributed by atoms with van der Waals surface area (Å²) in [4.78, 5) is 0. The number of benzene rings is 1. The number of nitrogens with zero attached hydrogens (tertiary/aromatic N) is 1. The van der Waals surface area contributed by atoms with Crippen molar-refractivity contribution in [2.75, 3.05) is 13.2 Å². The first-order chi connectivity index (χ1) is 8.13. The van der Waals surface area contributed by atoms with Gasteiger partial charge in [0.05, 0.1) is 12.7 Å². The first-order valence-corrected chi connectivity index (χ1v) is 5.62. The van der Waals surface area contributed by atoms with Gasteiger partial charge in [0.15, 0.2) is 0 Å². The molecule has 92 valence electrons. The van der Waals surface area contributed by atoms with Crippen LogP contribution in [0.5, 0.6) is 5.75 Å². The van der Waals surface area contributed by atoms with Gasteiger partial charge in [-0.1, -0.05) is 19.1 Å². The summed E-state index contributed by atoms with van der Waals surface area (Å²) in [6, 6.07) is 9.41. The third-order valence-corrected chi connectivity index (χ3v) is 2.42. The number of rotatable bonds is 6. The monoisotopic (exact) mass is 234 g/mol. The Bertz CT molecular complexity index is 401. The average molecular weight is 234 g/mol. The van der Waals surface area contributed by atoms with E-state index in [0.29, 0.717) is 12.3 Å². The van der Waals surface area contributed by atoms with Crippen LogP contribution in [0, 0.1) is 11.3 Å². The second-order valence-electron chi connectivity index (χ2n) is 4.07. The van der Waals surface area contributed by atoms with Crippen LogP contribution >= 0.6 is 0 Å². The molecule has 0 heterocycles. The molecular weight excluding hydrogens is 216 g/mol. The smallest absolute Gasteiger partial charge is 0.138 e. The quantitative estimate of drug-likeness (QED) is 0.782. The van der Waals surface area contributed by atoms with Crippen LogP contribution in [0.2, 0.25) is 0 Å². The number of nitrogens with one attached hydrogen (secondary N) is 1. The first kappa shape index (κ1) is 13.5. The van der Waals surface area contributed by atoms with Gasteiger partial charge in [0.25, 0.3) is 0 Å². The van der Waals surface area contributed by atoms with Crippen molar-refractivity contribution in [3.63, 3.8) is 0 Å². The van der Waals surface area contributed by atoms with E-state index in [0.717, 1.165) is 5.56 Å². The third kappa shape index (κ3) is 4.06. The summed E-state index contributed by atoms with van der Waals surface area (Å²) in [7, 11) is 0. The van der Waals surface area contributed by atoms with Crippen LogP contribution in [-0.4, -0.2) is 23.8 Å². The molecule has 1 unspecified atom stereocenters. The zero-order valence-corrected chi connectivity index (χ0v) is 10.2. The summed E-state index contributed by atoms with van der Waals surface area (Å²) in [5.74, 6) is 0.663. The highest BCUT2D eigenvalue weighted by Gasteiger charge is 2.23. The molecule has 0 aliphatic carbocycles. The Morgan fingerprint density at radius 3 is 2.88 bits per heavy atom. The normalized spacial score (nSPS) is 13.8. The summed E-state index contributed by atoms with van der Waals surface area (Å²) in [5, 5.41) is 21.1. The minimum absolute atomic E-state index is 0.0140. The number of ether oxygens (including phenoxy) is 1. The van der Waals surface area contributed by atoms with E-state index in [1.54, 1.807) is 13.0 Å². The van der Waals surface area contributed by atoms with Crippen molar-refractivity contribution in [3.8, 4) is 11.8 Å². The van der Waals surface area contributed by atoms with E-state index >= 15 is 0 Å². The number of nitriles is 1. The molecule has 1 rings (SSSR count). The maximum Gasteiger partial charge on any atom is 0.138 e. The molecule has 0 spiro atoms. The van der Waals surface area contributed by atoms with Crippen LogP contribution in [-0.2, 0) is 6.61 Å². The lowest BCUT2D eigenvalue weighted by Crippen LogP contribution is -2.46. The molecule has 4 heteroatoms. The molecule has 0 bridgehead atoms. The molecule has 0 saturated heterocycles. The standard InChI is InChI=1S/C13H18N2O2/c1-3-15-13(2,9-14)10-17-12-6-4-5-11(7-12)8-16/h4-7,15-16H,3,8,10H2,1-2H3. The van der Waals surface area contributed by atoms with Gasteiger partial charge in [0.2, 0.25) is 0 Å². The van der Waals surface area contributed by atoms with Crippen molar-refractivity contribution in [2.24, 2.45) is 0 Å². The van der Waals surface area contributed by atoms with Crippen molar-refractivity contribution in [2.45, 2.75) is 26.0 Å². The van der Waals surface area contributed by atoms with Gasteiger partial charge in [-0.15, -0.1) is 0 Å². The fourth-order valence-corrected chi connectivity index (χ4v) is 1.47. The van der Waals surface area contributed by atoms with Crippen molar-refractivity contribution < 1.29 is 9.84 Å². The van der Waals surface area contributed by atoms with E-state index in [4.69, 9.17) is 15.1 Å². The van der Waals surface area contributed by atoms with E-state index in [2.05, 4.69) is 11.4 Å². The highest BCUT2D eigenvalue weighted by Crippen LogP contribution is 2.15. The number of hydrogen-bond acceptors (Lipinski definition) is 4. The maximum atomic E-state index is 9.06. The minimum Gasteiger partial charge on any atom is -0.491 e. The zero-order valence-electron chi connectivity index (χ0n) is 10.2. The molecule has 2 N–H and O–H groups in total. The Balaban J connectivity index is 2.63. The number of likely N-dealkylation sites (N-methyl/N-ethyl adjacent to an activating group) is 1. The molecule has 1 atom stereocenters. The van der Waals surface area contributed by atoms with E-state index in [1.807, 2.05) is 25.1 Å². The molecule has 1 aromatic carbocycles. The molecule has 0 aromatic heterocycles. The van der Waals surface area contributed by atoms with E-state index in [-0.39, 0.29) is 13.2 Å². The SMILES string of the molecule is CCNC(C)(C#N)COc1cccc(CO)c1. The zero-order chi connectivity index (χ0) is 12.7. The molecule has 0 fully saturated rings. The second-order valence-corrected chi connectivity index (χ2v) is 4.07. The average Bonchev–Trinajstić information content (AvgIpc) is 2.37. The molecule has 17 heavy (non-hydrogen) atoms. The molecule has 1 aromatic rings. The largest absolute Gasteiger partial charge is 0.491 e. The van der Waals surface area contributed by atoms with Crippen molar-refractivity contribution in [3.05, 3.63) is 29.8 Å². The molecule has 0 saturated carbocycles. The van der Waals surface area contributed by atoms with Crippen LogP contribution in [0.4, 0.5) is 0 Å². The fourth-order valence-electron chi connectivity index (χ4n) is 1.47. The lowest BCUT2D eigenvalue weighted by atomic mass is 10.1. The topological polar surface area (TPSA) is 65.3 Å². The Kier molecular flexibility index (Phi) is 4.95. The van der Waals surface area contributed by atoms with Gasteiger partial charge >= 0.3 is 0 Å². The Morgan fingerprint density at radius 2 is 2.29 bits per heavy atom. The van der Waals surface area contributed by atoms with Crippen LogP contribution in [0.3, 0.4) is 0 Å². The van der Waals surface area contributed by atoms with E-state index in [9.17, 15) is 0 Å². The molecule has 0 amide bonds. The summed E-state index contributed by atoms with van der Waals surface area (Å²) in [6.07, 6.45) is 0. The Labute approximate surface area is 102 Å². The third-order valence-electron chi connectivity index (χ3n) is 2.42. The first-order valence-electron chi connectivity index (χ1n) is 5.62. The lowest BCUT2D eigenvalue weighted by Gasteiger charge is -2.22. The molecule has 4 nitrogen and oxygen atoms in total. The van der Waals surface area contributed by atoms with Gasteiger partial charge in [-0.05, 0) is 31.2 Å².